The van der Waals surface area contributed by atoms with Crippen molar-refractivity contribution >= 4 is 11.6 Å². The summed E-state index contributed by atoms with van der Waals surface area (Å²) in [6, 6.07) is 13.1. The summed E-state index contributed by atoms with van der Waals surface area (Å²) in [6.07, 6.45) is 1.01. The van der Waals surface area contributed by atoms with Crippen molar-refractivity contribution in [2.24, 2.45) is 0 Å². The van der Waals surface area contributed by atoms with E-state index in [0.29, 0.717) is 6.54 Å². The van der Waals surface area contributed by atoms with Gasteiger partial charge in [0, 0.05) is 6.54 Å². The van der Waals surface area contributed by atoms with E-state index in [0.717, 1.165) is 17.5 Å². The van der Waals surface area contributed by atoms with Crippen molar-refractivity contribution < 1.29 is 9.18 Å². The van der Waals surface area contributed by atoms with E-state index < -0.39 is 5.82 Å². The largest absolute Gasteiger partial charge is 0.322 e. The molecule has 3 nitrogen and oxygen atoms in total. The molecule has 0 bridgehead atoms. The smallest absolute Gasteiger partial charge is 0.238 e. The van der Waals surface area contributed by atoms with Crippen LogP contribution in [0.25, 0.3) is 0 Å². The van der Waals surface area contributed by atoms with Crippen LogP contribution in [-0.4, -0.2) is 24.4 Å². The lowest BCUT2D eigenvalue weighted by Gasteiger charge is -2.17. The van der Waals surface area contributed by atoms with E-state index in [9.17, 15) is 9.18 Å². The molecule has 2 rings (SSSR count). The van der Waals surface area contributed by atoms with E-state index in [2.05, 4.69) is 36.5 Å². The second-order valence-electron chi connectivity index (χ2n) is 5.87. The number of amides is 1. The highest BCUT2D eigenvalue weighted by molar-refractivity contribution is 5.92. The summed E-state index contributed by atoms with van der Waals surface area (Å²) in [4.78, 5) is 13.9. The Bertz CT molecular complexity index is 668. The molecule has 0 radical (unpaired) electrons. The Morgan fingerprint density at radius 1 is 1.13 bits per heavy atom. The quantitative estimate of drug-likeness (QED) is 0.880. The first-order valence-corrected chi connectivity index (χ1v) is 7.80. The molecule has 0 fully saturated rings. The first-order chi connectivity index (χ1) is 11.0. The number of carbonyl (C=O) groups excluding carboxylic acids is 1. The third-order valence-corrected chi connectivity index (χ3v) is 3.70. The van der Waals surface area contributed by atoms with Gasteiger partial charge >= 0.3 is 0 Å². The molecule has 4 heteroatoms. The number of halogens is 1. The van der Waals surface area contributed by atoms with Gasteiger partial charge in [-0.2, -0.15) is 0 Å². The number of anilines is 1. The normalized spacial score (nSPS) is 10.8. The first-order valence-electron chi connectivity index (χ1n) is 7.80. The van der Waals surface area contributed by atoms with Crippen molar-refractivity contribution in [2.75, 3.05) is 18.9 Å². The van der Waals surface area contributed by atoms with Gasteiger partial charge in [-0.3, -0.25) is 9.69 Å². The lowest BCUT2D eigenvalue weighted by Crippen LogP contribution is -2.30. The Balaban J connectivity index is 1.88. The van der Waals surface area contributed by atoms with Gasteiger partial charge in [0.15, 0.2) is 0 Å². The Kier molecular flexibility index (Phi) is 5.88. The van der Waals surface area contributed by atoms with E-state index in [4.69, 9.17) is 0 Å². The molecular weight excluding hydrogens is 291 g/mol. The predicted molar refractivity (Wildman–Crippen MR) is 91.9 cm³/mol. The van der Waals surface area contributed by atoms with Crippen LogP contribution in [0.1, 0.15) is 23.6 Å². The Labute approximate surface area is 137 Å². The SMILES string of the molecule is CCc1ccc(CN(C)CC(=O)Nc2ccc(C)cc2F)cc1. The van der Waals surface area contributed by atoms with Gasteiger partial charge in [-0.15, -0.1) is 0 Å². The molecule has 0 spiro atoms. The molecule has 0 aliphatic heterocycles. The average molecular weight is 314 g/mol. The molecule has 0 unspecified atom stereocenters. The monoisotopic (exact) mass is 314 g/mol. The fourth-order valence-electron chi connectivity index (χ4n) is 2.40. The molecule has 1 amide bonds. The molecule has 2 aromatic rings. The van der Waals surface area contributed by atoms with Crippen molar-refractivity contribution in [3.8, 4) is 0 Å². The van der Waals surface area contributed by atoms with E-state index in [-0.39, 0.29) is 18.1 Å². The lowest BCUT2D eigenvalue weighted by atomic mass is 10.1. The number of nitrogens with zero attached hydrogens (tertiary/aromatic N) is 1. The molecular formula is C19H23FN2O. The van der Waals surface area contributed by atoms with Crippen molar-refractivity contribution in [1.29, 1.82) is 0 Å². The highest BCUT2D eigenvalue weighted by Gasteiger charge is 2.10. The fraction of sp³-hybridized carbons (Fsp3) is 0.316. The second-order valence-corrected chi connectivity index (χ2v) is 5.87. The Morgan fingerprint density at radius 3 is 2.39 bits per heavy atom. The highest BCUT2D eigenvalue weighted by Crippen LogP contribution is 2.15. The van der Waals surface area contributed by atoms with Crippen LogP contribution in [0.4, 0.5) is 10.1 Å². The second kappa shape index (κ2) is 7.88. The van der Waals surface area contributed by atoms with Crippen LogP contribution in [-0.2, 0) is 17.8 Å². The topological polar surface area (TPSA) is 32.3 Å². The zero-order chi connectivity index (χ0) is 16.8. The molecule has 0 heterocycles. The molecule has 0 atom stereocenters. The maximum atomic E-state index is 13.7. The van der Waals surface area contributed by atoms with Gasteiger partial charge in [-0.25, -0.2) is 4.39 Å². The van der Waals surface area contributed by atoms with Crippen LogP contribution in [0.2, 0.25) is 0 Å². The minimum Gasteiger partial charge on any atom is -0.322 e. The summed E-state index contributed by atoms with van der Waals surface area (Å²) in [5, 5.41) is 2.62. The van der Waals surface area contributed by atoms with Crippen LogP contribution in [0.3, 0.4) is 0 Å². The van der Waals surface area contributed by atoms with Crippen molar-refractivity contribution in [3.05, 3.63) is 65.0 Å². The summed E-state index contributed by atoms with van der Waals surface area (Å²) in [5.74, 6) is -0.628. The van der Waals surface area contributed by atoms with Gasteiger partial charge in [0.1, 0.15) is 5.82 Å². The number of hydrogen-bond donors (Lipinski definition) is 1. The number of likely N-dealkylation sites (N-methyl/N-ethyl adjacent to an activating group) is 1. The lowest BCUT2D eigenvalue weighted by molar-refractivity contribution is -0.117. The zero-order valence-corrected chi connectivity index (χ0v) is 13.9. The summed E-state index contributed by atoms with van der Waals surface area (Å²) in [6.45, 7) is 4.82. The van der Waals surface area contributed by atoms with Gasteiger partial charge in [-0.05, 0) is 49.2 Å². The standard InChI is InChI=1S/C19H23FN2O/c1-4-15-6-8-16(9-7-15)12-22(3)13-19(23)21-18-10-5-14(2)11-17(18)20/h5-11H,4,12-13H2,1-3H3,(H,21,23). The van der Waals surface area contributed by atoms with Crippen LogP contribution in [0.15, 0.2) is 42.5 Å². The number of aryl methyl sites for hydroxylation is 2. The van der Waals surface area contributed by atoms with Crippen molar-refractivity contribution in [3.63, 3.8) is 0 Å². The summed E-state index contributed by atoms with van der Waals surface area (Å²) >= 11 is 0. The van der Waals surface area contributed by atoms with Crippen LogP contribution in [0, 0.1) is 12.7 Å². The average Bonchev–Trinajstić information content (AvgIpc) is 2.50. The van der Waals surface area contributed by atoms with Crippen LogP contribution < -0.4 is 5.32 Å². The van der Waals surface area contributed by atoms with Gasteiger partial charge in [-0.1, -0.05) is 37.3 Å². The van der Waals surface area contributed by atoms with E-state index in [1.54, 1.807) is 12.1 Å². The number of nitrogens with one attached hydrogen (secondary N) is 1. The Morgan fingerprint density at radius 2 is 1.78 bits per heavy atom. The minimum atomic E-state index is -0.406. The third-order valence-electron chi connectivity index (χ3n) is 3.70. The third kappa shape index (κ3) is 5.18. The van der Waals surface area contributed by atoms with Gasteiger partial charge in [0.2, 0.25) is 5.91 Å². The Hall–Kier alpha value is -2.20. The molecule has 0 aliphatic carbocycles. The fourth-order valence-corrected chi connectivity index (χ4v) is 2.40. The van der Waals surface area contributed by atoms with E-state index >= 15 is 0 Å². The molecule has 0 saturated heterocycles. The molecule has 23 heavy (non-hydrogen) atoms. The first kappa shape index (κ1) is 17.2. The molecule has 122 valence electrons. The number of benzene rings is 2. The van der Waals surface area contributed by atoms with E-state index in [1.165, 1.54) is 11.6 Å². The van der Waals surface area contributed by atoms with Gasteiger partial charge < -0.3 is 5.32 Å². The maximum Gasteiger partial charge on any atom is 0.238 e. The summed E-state index contributed by atoms with van der Waals surface area (Å²) in [7, 11) is 1.87. The zero-order valence-electron chi connectivity index (χ0n) is 13.9. The predicted octanol–water partition coefficient (Wildman–Crippen LogP) is 3.77. The van der Waals surface area contributed by atoms with Crippen LogP contribution >= 0.6 is 0 Å². The number of carbonyl (C=O) groups is 1. The molecule has 0 aliphatic rings. The number of rotatable bonds is 6. The van der Waals surface area contributed by atoms with E-state index in [1.807, 2.05) is 18.9 Å². The summed E-state index contributed by atoms with van der Waals surface area (Å²) < 4.78 is 13.7. The highest BCUT2D eigenvalue weighted by atomic mass is 19.1. The van der Waals surface area contributed by atoms with Crippen LogP contribution in [0.5, 0.6) is 0 Å². The van der Waals surface area contributed by atoms with Gasteiger partial charge in [0.25, 0.3) is 0 Å². The molecule has 0 saturated carbocycles. The maximum absolute atomic E-state index is 13.7. The van der Waals surface area contributed by atoms with Crippen molar-refractivity contribution in [2.45, 2.75) is 26.8 Å². The number of hydrogen-bond acceptors (Lipinski definition) is 2. The van der Waals surface area contributed by atoms with Gasteiger partial charge in [0.05, 0.1) is 12.2 Å². The molecule has 0 aromatic heterocycles. The summed E-state index contributed by atoms with van der Waals surface area (Å²) in [5.41, 5.74) is 3.50. The minimum absolute atomic E-state index is 0.211. The molecule has 1 N–H and O–H groups in total. The van der Waals surface area contributed by atoms with Crippen molar-refractivity contribution in [1.82, 2.24) is 4.90 Å². The molecule has 2 aromatic carbocycles.